The van der Waals surface area contributed by atoms with E-state index in [1.165, 1.54) is 35.2 Å². The summed E-state index contributed by atoms with van der Waals surface area (Å²) >= 11 is 25.4. The topological polar surface area (TPSA) is 86.8 Å². The molecule has 0 radical (unpaired) electrons. The molecule has 2 atom stereocenters. The number of amides is 2. The van der Waals surface area contributed by atoms with Crippen molar-refractivity contribution in [3.05, 3.63) is 92.4 Å². The lowest BCUT2D eigenvalue weighted by molar-refractivity contribution is -0.140. The molecule has 0 spiro atoms. The van der Waals surface area contributed by atoms with Gasteiger partial charge in [0, 0.05) is 33.2 Å². The average Bonchev–Trinajstić information content (AvgIpc) is 2.93. The summed E-state index contributed by atoms with van der Waals surface area (Å²) in [6.07, 6.45) is 0.938. The molecule has 0 aromatic heterocycles. The van der Waals surface area contributed by atoms with Gasteiger partial charge < -0.3 is 10.2 Å². The first kappa shape index (κ1) is 33.0. The van der Waals surface area contributed by atoms with E-state index in [0.717, 1.165) is 4.31 Å². The van der Waals surface area contributed by atoms with Gasteiger partial charge in [-0.25, -0.2) is 8.42 Å². The van der Waals surface area contributed by atoms with Crippen molar-refractivity contribution in [2.45, 2.75) is 57.1 Å². The summed E-state index contributed by atoms with van der Waals surface area (Å²) < 4.78 is 28.7. The van der Waals surface area contributed by atoms with Gasteiger partial charge in [-0.05, 0) is 62.2 Å². The molecule has 0 saturated heterocycles. The molecule has 2 amide bonds. The number of carbonyl (C=O) groups is 2. The molecule has 1 N–H and O–H groups in total. The fourth-order valence-corrected chi connectivity index (χ4v) is 6.66. The van der Waals surface area contributed by atoms with Crippen LogP contribution in [-0.2, 0) is 26.2 Å². The second-order valence-corrected chi connectivity index (χ2v) is 12.9. The molecular formula is C29H31Cl4N3O4S. The predicted octanol–water partition coefficient (Wildman–Crippen LogP) is 7.22. The number of hydrogen-bond acceptors (Lipinski definition) is 4. The van der Waals surface area contributed by atoms with Crippen molar-refractivity contribution >= 4 is 73.9 Å². The van der Waals surface area contributed by atoms with E-state index in [4.69, 9.17) is 46.4 Å². The lowest BCUT2D eigenvalue weighted by Crippen LogP contribution is -2.53. The Bertz CT molecular complexity index is 1470. The van der Waals surface area contributed by atoms with Gasteiger partial charge in [-0.2, -0.15) is 0 Å². The van der Waals surface area contributed by atoms with Gasteiger partial charge in [-0.1, -0.05) is 84.5 Å². The Morgan fingerprint density at radius 2 is 1.49 bits per heavy atom. The molecule has 3 aromatic carbocycles. The number of halogens is 4. The molecule has 0 aliphatic heterocycles. The Morgan fingerprint density at radius 3 is 2.05 bits per heavy atom. The van der Waals surface area contributed by atoms with Crippen molar-refractivity contribution in [2.24, 2.45) is 0 Å². The second-order valence-electron chi connectivity index (χ2n) is 9.38. The van der Waals surface area contributed by atoms with E-state index in [2.05, 4.69) is 5.32 Å². The molecule has 0 bridgehead atoms. The number of anilines is 1. The molecule has 12 heteroatoms. The van der Waals surface area contributed by atoms with Gasteiger partial charge in [0.05, 0.1) is 15.6 Å². The molecule has 7 nitrogen and oxygen atoms in total. The van der Waals surface area contributed by atoms with Gasteiger partial charge in [-0.3, -0.25) is 13.9 Å². The van der Waals surface area contributed by atoms with Crippen LogP contribution >= 0.6 is 46.4 Å². The summed E-state index contributed by atoms with van der Waals surface area (Å²) in [7, 11) is -4.28. The zero-order valence-electron chi connectivity index (χ0n) is 22.8. The number of benzene rings is 3. The van der Waals surface area contributed by atoms with Crippen molar-refractivity contribution in [1.82, 2.24) is 10.2 Å². The van der Waals surface area contributed by atoms with E-state index < -0.39 is 28.5 Å². The maximum atomic E-state index is 14.2. The fourth-order valence-electron chi connectivity index (χ4n) is 4.13. The van der Waals surface area contributed by atoms with Crippen LogP contribution < -0.4 is 9.62 Å². The lowest BCUT2D eigenvalue weighted by Gasteiger charge is -2.34. The Hall–Kier alpha value is -2.49. The maximum Gasteiger partial charge on any atom is 0.264 e. The van der Waals surface area contributed by atoms with Gasteiger partial charge in [0.15, 0.2) is 0 Å². The molecule has 3 aromatic rings. The second kappa shape index (κ2) is 14.6. The minimum absolute atomic E-state index is 0.0343. The molecule has 0 aliphatic carbocycles. The number of nitrogens with zero attached hydrogens (tertiary/aromatic N) is 2. The molecule has 0 heterocycles. The Labute approximate surface area is 261 Å². The molecule has 0 saturated carbocycles. The van der Waals surface area contributed by atoms with Gasteiger partial charge in [0.1, 0.15) is 12.6 Å². The van der Waals surface area contributed by atoms with Crippen LogP contribution in [0.25, 0.3) is 0 Å². The largest absolute Gasteiger partial charge is 0.352 e. The van der Waals surface area contributed by atoms with E-state index in [1.54, 1.807) is 43.3 Å². The summed E-state index contributed by atoms with van der Waals surface area (Å²) in [5, 5.41) is 3.87. The van der Waals surface area contributed by atoms with Crippen LogP contribution in [-0.4, -0.2) is 43.8 Å². The normalized spacial score (nSPS) is 12.9. The van der Waals surface area contributed by atoms with Gasteiger partial charge in [-0.15, -0.1) is 0 Å². The van der Waals surface area contributed by atoms with Crippen molar-refractivity contribution in [1.29, 1.82) is 0 Å². The summed E-state index contributed by atoms with van der Waals surface area (Å²) in [6, 6.07) is 15.8. The number of nitrogens with one attached hydrogen (secondary N) is 1. The molecule has 0 unspecified atom stereocenters. The van der Waals surface area contributed by atoms with Gasteiger partial charge in [0.25, 0.3) is 10.0 Å². The molecule has 0 aliphatic rings. The number of sulfonamides is 1. The minimum atomic E-state index is -4.28. The zero-order valence-corrected chi connectivity index (χ0v) is 26.6. The van der Waals surface area contributed by atoms with Gasteiger partial charge >= 0.3 is 0 Å². The fraction of sp³-hybridized carbons (Fsp3) is 0.310. The van der Waals surface area contributed by atoms with Crippen LogP contribution in [0.15, 0.2) is 71.6 Å². The third-order valence-corrected chi connectivity index (χ3v) is 9.59. The monoisotopic (exact) mass is 657 g/mol. The first-order valence-corrected chi connectivity index (χ1v) is 15.9. The Morgan fingerprint density at radius 1 is 0.854 bits per heavy atom. The lowest BCUT2D eigenvalue weighted by atomic mass is 10.1. The summed E-state index contributed by atoms with van der Waals surface area (Å²) in [5.74, 6) is -1.03. The summed E-state index contributed by atoms with van der Waals surface area (Å²) in [6.45, 7) is 4.77. The first-order valence-electron chi connectivity index (χ1n) is 13.0. The first-order chi connectivity index (χ1) is 19.4. The zero-order chi connectivity index (χ0) is 30.3. The molecule has 0 fully saturated rings. The van der Waals surface area contributed by atoms with Crippen LogP contribution in [0.3, 0.4) is 0 Å². The van der Waals surface area contributed by atoms with Crippen molar-refractivity contribution in [3.8, 4) is 0 Å². The van der Waals surface area contributed by atoms with Crippen molar-refractivity contribution < 1.29 is 18.0 Å². The van der Waals surface area contributed by atoms with Crippen LogP contribution in [0.1, 0.15) is 39.2 Å². The smallest absolute Gasteiger partial charge is 0.264 e. The summed E-state index contributed by atoms with van der Waals surface area (Å²) in [4.78, 5) is 28.8. The van der Waals surface area contributed by atoms with Crippen LogP contribution in [0.2, 0.25) is 20.1 Å². The van der Waals surface area contributed by atoms with Crippen molar-refractivity contribution in [3.63, 3.8) is 0 Å². The van der Waals surface area contributed by atoms with E-state index in [-0.39, 0.29) is 40.5 Å². The highest BCUT2D eigenvalue weighted by Crippen LogP contribution is 2.33. The molecule has 41 heavy (non-hydrogen) atoms. The molecule has 220 valence electrons. The highest BCUT2D eigenvalue weighted by Gasteiger charge is 2.35. The number of carbonyl (C=O) groups excluding carboxylic acids is 2. The van der Waals surface area contributed by atoms with E-state index in [0.29, 0.717) is 27.1 Å². The predicted molar refractivity (Wildman–Crippen MR) is 166 cm³/mol. The highest BCUT2D eigenvalue weighted by atomic mass is 35.5. The third kappa shape index (κ3) is 8.08. The SMILES string of the molecule is CC[C@H](C(=O)N[C@@H](C)CC)N(Cc1c(Cl)cccc1Cl)C(=O)CN(c1ccc(Cl)cc1Cl)S(=O)(=O)c1ccccc1. The van der Waals surface area contributed by atoms with Crippen LogP contribution in [0.5, 0.6) is 0 Å². The van der Waals surface area contributed by atoms with Crippen LogP contribution in [0.4, 0.5) is 5.69 Å². The number of rotatable bonds is 12. The Kier molecular flexibility index (Phi) is 11.8. The van der Waals surface area contributed by atoms with E-state index in [1.807, 2.05) is 13.8 Å². The van der Waals surface area contributed by atoms with Crippen LogP contribution in [0, 0.1) is 0 Å². The highest BCUT2D eigenvalue weighted by molar-refractivity contribution is 7.92. The number of hydrogen-bond donors (Lipinski definition) is 1. The minimum Gasteiger partial charge on any atom is -0.352 e. The molecular weight excluding hydrogens is 628 g/mol. The third-order valence-electron chi connectivity index (χ3n) is 6.57. The summed E-state index contributed by atoms with van der Waals surface area (Å²) in [5.41, 5.74) is 0.488. The standard InChI is InChI=1S/C29H31Cl4N3O4S/c1-4-19(3)34-29(38)26(5-2)35(17-22-23(31)12-9-13-24(22)32)28(37)18-36(27-15-14-20(30)16-25(27)33)41(39,40)21-10-7-6-8-11-21/h6-16,19,26H,4-5,17-18H2,1-3H3,(H,34,38)/t19-,26+/m0/s1. The van der Waals surface area contributed by atoms with E-state index >= 15 is 0 Å². The average molecular weight is 659 g/mol. The van der Waals surface area contributed by atoms with E-state index in [9.17, 15) is 18.0 Å². The van der Waals surface area contributed by atoms with Gasteiger partial charge in [0.2, 0.25) is 11.8 Å². The Balaban J connectivity index is 2.12. The maximum absolute atomic E-state index is 14.2. The quantitative estimate of drug-likeness (QED) is 0.223. The van der Waals surface area contributed by atoms with Crippen molar-refractivity contribution in [2.75, 3.05) is 10.8 Å². The molecule has 3 rings (SSSR count).